The van der Waals surface area contributed by atoms with Crippen molar-refractivity contribution in [2.45, 2.75) is 31.6 Å². The maximum atomic E-state index is 2.46. The molecule has 7 rings (SSSR count). The van der Waals surface area contributed by atoms with Gasteiger partial charge in [-0.05, 0) is 64.1 Å². The van der Waals surface area contributed by atoms with Crippen LogP contribution in [0.2, 0.25) is 0 Å². The van der Waals surface area contributed by atoms with E-state index in [0.29, 0.717) is 5.92 Å². The minimum atomic E-state index is -0.0417. The van der Waals surface area contributed by atoms with Crippen molar-refractivity contribution in [1.82, 2.24) is 0 Å². The minimum absolute atomic E-state index is 0.0417. The lowest BCUT2D eigenvalue weighted by Gasteiger charge is -2.31. The number of benzene rings is 5. The molecule has 0 aliphatic heterocycles. The minimum Gasteiger partial charge on any atom is -0.310 e. The number of allylic oxidation sites excluding steroid dienone is 3. The molecule has 0 bridgehead atoms. The summed E-state index contributed by atoms with van der Waals surface area (Å²) in [6, 6.07) is 46.2. The first-order chi connectivity index (χ1) is 19.6. The molecule has 0 aromatic heterocycles. The van der Waals surface area contributed by atoms with Crippen molar-refractivity contribution in [3.8, 4) is 22.3 Å². The Morgan fingerprint density at radius 2 is 1.27 bits per heavy atom. The quantitative estimate of drug-likeness (QED) is 0.225. The second-order valence-corrected chi connectivity index (χ2v) is 11.4. The van der Waals surface area contributed by atoms with Crippen molar-refractivity contribution in [3.05, 3.63) is 168 Å². The lowest BCUT2D eigenvalue weighted by Crippen LogP contribution is -2.19. The average molecular weight is 516 g/mol. The molecule has 1 unspecified atom stereocenters. The number of nitrogens with zero attached hydrogens (tertiary/aromatic N) is 1. The molecule has 1 heteroatoms. The predicted molar refractivity (Wildman–Crippen MR) is 169 cm³/mol. The Morgan fingerprint density at radius 3 is 2.00 bits per heavy atom. The van der Waals surface area contributed by atoms with E-state index in [4.69, 9.17) is 0 Å². The van der Waals surface area contributed by atoms with Gasteiger partial charge in [0.15, 0.2) is 0 Å². The Kier molecular flexibility index (Phi) is 6.01. The van der Waals surface area contributed by atoms with Crippen LogP contribution in [0.25, 0.3) is 22.3 Å². The first-order valence-electron chi connectivity index (χ1n) is 14.2. The number of hydrogen-bond donors (Lipinski definition) is 0. The highest BCUT2D eigenvalue weighted by molar-refractivity contribution is 5.93. The fourth-order valence-corrected chi connectivity index (χ4v) is 6.50. The summed E-state index contributed by atoms with van der Waals surface area (Å²) >= 11 is 0. The smallest absolute Gasteiger partial charge is 0.0543 e. The number of fused-ring (bicyclic) bond motifs is 3. The van der Waals surface area contributed by atoms with Gasteiger partial charge in [0.25, 0.3) is 0 Å². The Hall–Kier alpha value is -4.62. The Morgan fingerprint density at radius 1 is 0.625 bits per heavy atom. The molecule has 2 aliphatic carbocycles. The molecule has 0 saturated carbocycles. The molecule has 40 heavy (non-hydrogen) atoms. The molecule has 0 N–H and O–H groups in total. The molecule has 0 radical (unpaired) electrons. The molecule has 5 aromatic rings. The van der Waals surface area contributed by atoms with Gasteiger partial charge in [0.2, 0.25) is 0 Å². The summed E-state index contributed by atoms with van der Waals surface area (Å²) in [4.78, 5) is 2.46. The fourth-order valence-electron chi connectivity index (χ4n) is 6.50. The van der Waals surface area contributed by atoms with E-state index in [0.717, 1.165) is 6.42 Å². The zero-order valence-electron chi connectivity index (χ0n) is 23.1. The Balaban J connectivity index is 1.36. The van der Waals surface area contributed by atoms with Crippen LogP contribution < -0.4 is 4.90 Å². The first kappa shape index (κ1) is 24.4. The molecular weight excluding hydrogens is 482 g/mol. The van der Waals surface area contributed by atoms with Crippen molar-refractivity contribution >= 4 is 11.4 Å². The van der Waals surface area contributed by atoms with Gasteiger partial charge in [0.05, 0.1) is 5.69 Å². The SMILES string of the molecule is CC1(C)c2ccccc2-c2c(N(C3=CCC(c4ccccc4)C=C3)c3ccc(-c4ccccc4)cc3)cccc21. The molecule has 1 atom stereocenters. The highest BCUT2D eigenvalue weighted by Gasteiger charge is 2.37. The van der Waals surface area contributed by atoms with Gasteiger partial charge in [0.1, 0.15) is 0 Å². The van der Waals surface area contributed by atoms with Gasteiger partial charge in [-0.15, -0.1) is 0 Å². The van der Waals surface area contributed by atoms with Crippen LogP contribution in [-0.2, 0) is 5.41 Å². The molecule has 1 nitrogen and oxygen atoms in total. The van der Waals surface area contributed by atoms with Gasteiger partial charge < -0.3 is 4.90 Å². The van der Waals surface area contributed by atoms with E-state index in [9.17, 15) is 0 Å². The average Bonchev–Trinajstić information content (AvgIpc) is 3.26. The fraction of sp³-hybridized carbons (Fsp3) is 0.128. The third-order valence-electron chi connectivity index (χ3n) is 8.63. The summed E-state index contributed by atoms with van der Waals surface area (Å²) in [5.74, 6) is 0.397. The molecule has 0 amide bonds. The van der Waals surface area contributed by atoms with E-state index in [1.54, 1.807) is 0 Å². The Labute approximate surface area is 237 Å². The second kappa shape index (κ2) is 9.84. The van der Waals surface area contributed by atoms with Crippen LogP contribution in [0.15, 0.2) is 151 Å². The molecule has 0 saturated heterocycles. The molecule has 2 aliphatic rings. The zero-order valence-corrected chi connectivity index (χ0v) is 23.1. The number of hydrogen-bond acceptors (Lipinski definition) is 1. The summed E-state index contributed by atoms with van der Waals surface area (Å²) < 4.78 is 0. The lowest BCUT2D eigenvalue weighted by molar-refractivity contribution is 0.660. The predicted octanol–water partition coefficient (Wildman–Crippen LogP) is 10.4. The summed E-state index contributed by atoms with van der Waals surface area (Å²) in [6.45, 7) is 4.70. The number of anilines is 2. The van der Waals surface area contributed by atoms with E-state index < -0.39 is 0 Å². The van der Waals surface area contributed by atoms with Crippen LogP contribution in [0.1, 0.15) is 42.9 Å². The van der Waals surface area contributed by atoms with Gasteiger partial charge >= 0.3 is 0 Å². The molecule has 0 spiro atoms. The van der Waals surface area contributed by atoms with Crippen LogP contribution >= 0.6 is 0 Å². The normalized spacial score (nSPS) is 16.6. The van der Waals surface area contributed by atoms with Crippen molar-refractivity contribution < 1.29 is 0 Å². The van der Waals surface area contributed by atoms with E-state index in [-0.39, 0.29) is 5.41 Å². The van der Waals surface area contributed by atoms with Crippen LogP contribution in [0.4, 0.5) is 11.4 Å². The summed E-state index contributed by atoms with van der Waals surface area (Å²) in [7, 11) is 0. The zero-order chi connectivity index (χ0) is 27.1. The van der Waals surface area contributed by atoms with Crippen LogP contribution in [0, 0.1) is 0 Å². The topological polar surface area (TPSA) is 3.24 Å². The summed E-state index contributed by atoms with van der Waals surface area (Å²) in [5, 5.41) is 0. The Bertz CT molecular complexity index is 1720. The van der Waals surface area contributed by atoms with Gasteiger partial charge in [-0.3, -0.25) is 0 Å². The summed E-state index contributed by atoms with van der Waals surface area (Å²) in [6.07, 6.45) is 8.08. The molecule has 0 heterocycles. The highest BCUT2D eigenvalue weighted by atomic mass is 15.1. The van der Waals surface area contributed by atoms with Gasteiger partial charge in [-0.25, -0.2) is 0 Å². The van der Waals surface area contributed by atoms with Gasteiger partial charge in [-0.2, -0.15) is 0 Å². The first-order valence-corrected chi connectivity index (χ1v) is 14.2. The van der Waals surface area contributed by atoms with Gasteiger partial charge in [-0.1, -0.05) is 135 Å². The van der Waals surface area contributed by atoms with Crippen molar-refractivity contribution in [1.29, 1.82) is 0 Å². The maximum absolute atomic E-state index is 2.46. The number of rotatable bonds is 5. The van der Waals surface area contributed by atoms with Crippen molar-refractivity contribution in [2.75, 3.05) is 4.90 Å². The van der Waals surface area contributed by atoms with E-state index in [1.807, 2.05) is 0 Å². The van der Waals surface area contributed by atoms with E-state index in [1.165, 1.54) is 56.0 Å². The van der Waals surface area contributed by atoms with Crippen molar-refractivity contribution in [3.63, 3.8) is 0 Å². The van der Waals surface area contributed by atoms with Crippen molar-refractivity contribution in [2.24, 2.45) is 0 Å². The van der Waals surface area contributed by atoms with Crippen LogP contribution in [-0.4, -0.2) is 0 Å². The third kappa shape index (κ3) is 4.10. The van der Waals surface area contributed by atoms with Gasteiger partial charge in [0, 0.05) is 28.3 Å². The summed E-state index contributed by atoms with van der Waals surface area (Å²) in [5.41, 5.74) is 12.9. The third-order valence-corrected chi connectivity index (χ3v) is 8.63. The highest BCUT2D eigenvalue weighted by Crippen LogP contribution is 2.53. The van der Waals surface area contributed by atoms with E-state index in [2.05, 4.69) is 164 Å². The monoisotopic (exact) mass is 515 g/mol. The molecule has 5 aromatic carbocycles. The standard InChI is InChI=1S/C39H33N/c1-39(2)35-17-10-9-16-34(35)38-36(39)18-11-19-37(38)40(32-24-20-30(21-25-32)28-12-5-3-6-13-28)33-26-22-31(23-27-33)29-14-7-4-8-15-29/h3-22,24-27,31H,23H2,1-2H3. The molecule has 0 fully saturated rings. The second-order valence-electron chi connectivity index (χ2n) is 11.4. The lowest BCUT2D eigenvalue weighted by atomic mass is 9.82. The maximum Gasteiger partial charge on any atom is 0.0543 e. The molecular formula is C39H33N. The van der Waals surface area contributed by atoms with E-state index >= 15 is 0 Å². The largest absolute Gasteiger partial charge is 0.310 e. The van der Waals surface area contributed by atoms with Crippen LogP contribution in [0.5, 0.6) is 0 Å². The molecule has 194 valence electrons. The van der Waals surface area contributed by atoms with Crippen LogP contribution in [0.3, 0.4) is 0 Å².